The van der Waals surface area contributed by atoms with Crippen LogP contribution >= 0.6 is 0 Å². The summed E-state index contributed by atoms with van der Waals surface area (Å²) >= 11 is 0. The van der Waals surface area contributed by atoms with Gasteiger partial charge in [-0.05, 0) is 20.3 Å². The van der Waals surface area contributed by atoms with Crippen LogP contribution in [0.5, 0.6) is 0 Å². The zero-order valence-electron chi connectivity index (χ0n) is 10.1. The van der Waals surface area contributed by atoms with Gasteiger partial charge in [-0.2, -0.15) is 0 Å². The molecule has 92 valence electrons. The maximum Gasteiger partial charge on any atom is 0.191 e. The predicted molar refractivity (Wildman–Crippen MR) is 54.8 cm³/mol. The van der Waals surface area contributed by atoms with Crippen molar-refractivity contribution in [1.82, 2.24) is 0 Å². The SMILES string of the molecule is CC[C@@]1(C=O)O[C@@H]2OC(C)(C)O[C@@H]2[C@@H]1OC. The Balaban J connectivity index is 2.24. The molecule has 4 atom stereocenters. The number of hydrogen-bond donors (Lipinski definition) is 0. The summed E-state index contributed by atoms with van der Waals surface area (Å²) in [5.74, 6) is -0.686. The summed E-state index contributed by atoms with van der Waals surface area (Å²) in [5, 5.41) is 0. The molecular weight excluding hydrogens is 212 g/mol. The maximum absolute atomic E-state index is 11.2. The minimum absolute atomic E-state index is 0.342. The first-order valence-electron chi connectivity index (χ1n) is 5.50. The van der Waals surface area contributed by atoms with Crippen LogP contribution in [0.2, 0.25) is 0 Å². The molecule has 2 aliphatic rings. The highest BCUT2D eigenvalue weighted by atomic mass is 16.8. The van der Waals surface area contributed by atoms with Crippen molar-refractivity contribution < 1.29 is 23.7 Å². The van der Waals surface area contributed by atoms with Crippen molar-refractivity contribution in [2.24, 2.45) is 0 Å². The molecule has 5 heteroatoms. The molecule has 2 aliphatic heterocycles. The van der Waals surface area contributed by atoms with Crippen molar-refractivity contribution in [2.45, 2.75) is 57.1 Å². The molecule has 0 aliphatic carbocycles. The Bertz CT molecular complexity index is 290. The van der Waals surface area contributed by atoms with Crippen LogP contribution < -0.4 is 0 Å². The largest absolute Gasteiger partial charge is 0.375 e. The lowest BCUT2D eigenvalue weighted by Gasteiger charge is -2.30. The Morgan fingerprint density at radius 3 is 2.50 bits per heavy atom. The lowest BCUT2D eigenvalue weighted by atomic mass is 9.94. The standard InChI is InChI=1S/C11H18O5/c1-5-11(6-12)8(13-4)7-9(16-11)15-10(2,3)14-7/h6-9H,5H2,1-4H3/t7-,8+,9+,11+/m1/s1. The van der Waals surface area contributed by atoms with Crippen LogP contribution in [0, 0.1) is 0 Å². The van der Waals surface area contributed by atoms with Gasteiger partial charge in [-0.1, -0.05) is 6.92 Å². The number of carbonyl (C=O) groups is 1. The van der Waals surface area contributed by atoms with Crippen LogP contribution in [-0.4, -0.2) is 43.3 Å². The third kappa shape index (κ3) is 1.59. The summed E-state index contributed by atoms with van der Waals surface area (Å²) in [6, 6.07) is 0. The van der Waals surface area contributed by atoms with Crippen molar-refractivity contribution in [3.8, 4) is 0 Å². The number of fused-ring (bicyclic) bond motifs is 1. The van der Waals surface area contributed by atoms with Gasteiger partial charge in [0.1, 0.15) is 12.2 Å². The molecule has 0 aromatic heterocycles. The van der Waals surface area contributed by atoms with E-state index in [2.05, 4.69) is 0 Å². The number of rotatable bonds is 3. The second-order valence-electron chi connectivity index (χ2n) is 4.67. The molecule has 0 spiro atoms. The van der Waals surface area contributed by atoms with Gasteiger partial charge < -0.3 is 23.7 Å². The average molecular weight is 230 g/mol. The summed E-state index contributed by atoms with van der Waals surface area (Å²) in [6.07, 6.45) is 0.0472. The van der Waals surface area contributed by atoms with Crippen LogP contribution in [0.1, 0.15) is 27.2 Å². The molecule has 0 bridgehead atoms. The molecule has 0 amide bonds. The first-order valence-corrected chi connectivity index (χ1v) is 5.50. The van der Waals surface area contributed by atoms with Crippen LogP contribution in [0.15, 0.2) is 0 Å². The smallest absolute Gasteiger partial charge is 0.191 e. The summed E-state index contributed by atoms with van der Waals surface area (Å²) in [7, 11) is 1.55. The topological polar surface area (TPSA) is 54.0 Å². The molecule has 2 fully saturated rings. The lowest BCUT2D eigenvalue weighted by Crippen LogP contribution is -2.47. The summed E-state index contributed by atoms with van der Waals surface area (Å²) < 4.78 is 22.3. The Kier molecular flexibility index (Phi) is 2.82. The maximum atomic E-state index is 11.2. The molecule has 2 saturated heterocycles. The molecule has 5 nitrogen and oxygen atoms in total. The van der Waals surface area contributed by atoms with Crippen molar-refractivity contribution in [2.75, 3.05) is 7.11 Å². The van der Waals surface area contributed by atoms with Gasteiger partial charge in [0, 0.05) is 7.11 Å². The van der Waals surface area contributed by atoms with Crippen LogP contribution in [0.4, 0.5) is 0 Å². The van der Waals surface area contributed by atoms with E-state index in [1.807, 2.05) is 20.8 Å². The van der Waals surface area contributed by atoms with Gasteiger partial charge >= 0.3 is 0 Å². The molecule has 2 rings (SSSR count). The van der Waals surface area contributed by atoms with E-state index in [-0.39, 0.29) is 6.10 Å². The van der Waals surface area contributed by atoms with Crippen LogP contribution in [0.3, 0.4) is 0 Å². The van der Waals surface area contributed by atoms with Crippen LogP contribution in [0.25, 0.3) is 0 Å². The Labute approximate surface area is 95.0 Å². The lowest BCUT2D eigenvalue weighted by molar-refractivity contribution is -0.235. The third-order valence-electron chi connectivity index (χ3n) is 3.21. The molecule has 2 heterocycles. The third-order valence-corrected chi connectivity index (χ3v) is 3.21. The number of ether oxygens (including phenoxy) is 4. The van der Waals surface area contributed by atoms with Crippen molar-refractivity contribution in [1.29, 1.82) is 0 Å². The highest BCUT2D eigenvalue weighted by molar-refractivity contribution is 5.65. The van der Waals surface area contributed by atoms with Gasteiger partial charge in [0.25, 0.3) is 0 Å². The second kappa shape index (κ2) is 3.77. The van der Waals surface area contributed by atoms with E-state index in [0.717, 1.165) is 6.29 Å². The van der Waals surface area contributed by atoms with Gasteiger partial charge in [0.2, 0.25) is 0 Å². The Hall–Kier alpha value is -0.490. The highest BCUT2D eigenvalue weighted by Crippen LogP contribution is 2.43. The molecule has 0 radical (unpaired) electrons. The average Bonchev–Trinajstić information content (AvgIpc) is 2.66. The quantitative estimate of drug-likeness (QED) is 0.673. The van der Waals surface area contributed by atoms with E-state index in [4.69, 9.17) is 18.9 Å². The molecule has 0 N–H and O–H groups in total. The van der Waals surface area contributed by atoms with Gasteiger partial charge in [-0.15, -0.1) is 0 Å². The van der Waals surface area contributed by atoms with E-state index in [9.17, 15) is 4.79 Å². The molecule has 0 saturated carbocycles. The molecule has 0 aromatic rings. The highest BCUT2D eigenvalue weighted by Gasteiger charge is 2.61. The molecule has 0 unspecified atom stereocenters. The van der Waals surface area contributed by atoms with Crippen molar-refractivity contribution in [3.63, 3.8) is 0 Å². The van der Waals surface area contributed by atoms with Crippen LogP contribution in [-0.2, 0) is 23.7 Å². The molecule has 16 heavy (non-hydrogen) atoms. The fraction of sp³-hybridized carbons (Fsp3) is 0.909. The zero-order chi connectivity index (χ0) is 12.0. The number of methoxy groups -OCH3 is 1. The van der Waals surface area contributed by atoms with E-state index < -0.39 is 23.8 Å². The van der Waals surface area contributed by atoms with Gasteiger partial charge in [-0.3, -0.25) is 0 Å². The normalized spacial score (nSPS) is 45.6. The van der Waals surface area contributed by atoms with E-state index in [1.54, 1.807) is 7.11 Å². The zero-order valence-corrected chi connectivity index (χ0v) is 10.1. The monoisotopic (exact) mass is 230 g/mol. The Morgan fingerprint density at radius 2 is 2.00 bits per heavy atom. The van der Waals surface area contributed by atoms with E-state index in [0.29, 0.717) is 6.42 Å². The minimum atomic E-state index is -0.944. The summed E-state index contributed by atoms with van der Waals surface area (Å²) in [6.45, 7) is 5.51. The summed E-state index contributed by atoms with van der Waals surface area (Å²) in [5.41, 5.74) is -0.944. The van der Waals surface area contributed by atoms with Crippen molar-refractivity contribution in [3.05, 3.63) is 0 Å². The number of carbonyl (C=O) groups excluding carboxylic acids is 1. The second-order valence-corrected chi connectivity index (χ2v) is 4.67. The fourth-order valence-electron chi connectivity index (χ4n) is 2.41. The first kappa shape index (κ1) is 12.0. The van der Waals surface area contributed by atoms with Gasteiger partial charge in [0.15, 0.2) is 24.0 Å². The van der Waals surface area contributed by atoms with Gasteiger partial charge in [-0.25, -0.2) is 0 Å². The molecule has 0 aromatic carbocycles. The van der Waals surface area contributed by atoms with E-state index in [1.165, 1.54) is 0 Å². The fourth-order valence-corrected chi connectivity index (χ4v) is 2.41. The van der Waals surface area contributed by atoms with Crippen molar-refractivity contribution >= 4 is 6.29 Å². The molecular formula is C11H18O5. The Morgan fingerprint density at radius 1 is 1.31 bits per heavy atom. The summed E-state index contributed by atoms with van der Waals surface area (Å²) in [4.78, 5) is 11.2. The first-order chi connectivity index (χ1) is 7.48. The van der Waals surface area contributed by atoms with Gasteiger partial charge in [0.05, 0.1) is 0 Å². The number of aldehydes is 1. The predicted octanol–water partition coefficient (Wildman–Crippen LogP) is 0.857. The minimum Gasteiger partial charge on any atom is -0.375 e. The van der Waals surface area contributed by atoms with E-state index >= 15 is 0 Å². The number of hydrogen-bond acceptors (Lipinski definition) is 5.